The molecule has 1 aliphatic heterocycles. The van der Waals surface area contributed by atoms with Gasteiger partial charge in [0.05, 0.1) is 11.7 Å². The normalized spacial score (nSPS) is 19.9. The quantitative estimate of drug-likeness (QED) is 0.873. The Morgan fingerprint density at radius 2 is 2.31 bits per heavy atom. The Bertz CT molecular complexity index is 318. The molecule has 4 heteroatoms. The molecule has 1 saturated heterocycles. The van der Waals surface area contributed by atoms with Gasteiger partial charge in [0.25, 0.3) is 0 Å². The van der Waals surface area contributed by atoms with Crippen molar-refractivity contribution < 1.29 is 0 Å². The second kappa shape index (κ2) is 5.73. The molecule has 90 valence electrons. The molecule has 0 saturated carbocycles. The maximum atomic E-state index is 4.50. The standard InChI is InChI=1S/C12H21N3S/c1-13-12(11-3-6-15(2)14-11)9-10-4-7-16-8-5-10/h3,6,10,12-13H,4-5,7-9H2,1-2H3. The van der Waals surface area contributed by atoms with Crippen LogP contribution in [0.4, 0.5) is 0 Å². The molecule has 1 aromatic rings. The number of thioether (sulfide) groups is 1. The van der Waals surface area contributed by atoms with Gasteiger partial charge in [-0.1, -0.05) is 0 Å². The van der Waals surface area contributed by atoms with Crippen molar-refractivity contribution in [1.29, 1.82) is 0 Å². The molecule has 0 amide bonds. The maximum Gasteiger partial charge on any atom is 0.0793 e. The van der Waals surface area contributed by atoms with Gasteiger partial charge in [-0.15, -0.1) is 0 Å². The first kappa shape index (κ1) is 12.0. The van der Waals surface area contributed by atoms with E-state index in [0.29, 0.717) is 6.04 Å². The van der Waals surface area contributed by atoms with E-state index in [9.17, 15) is 0 Å². The minimum absolute atomic E-state index is 0.425. The Hall–Kier alpha value is -0.480. The van der Waals surface area contributed by atoms with Crippen LogP contribution in [0.1, 0.15) is 31.0 Å². The Kier molecular flexibility index (Phi) is 4.29. The van der Waals surface area contributed by atoms with Crippen molar-refractivity contribution in [3.05, 3.63) is 18.0 Å². The first-order chi connectivity index (χ1) is 7.79. The third kappa shape index (κ3) is 3.01. The summed E-state index contributed by atoms with van der Waals surface area (Å²) in [6.45, 7) is 0. The molecule has 0 spiro atoms. The van der Waals surface area contributed by atoms with E-state index in [0.717, 1.165) is 5.92 Å². The maximum absolute atomic E-state index is 4.50. The van der Waals surface area contributed by atoms with Crippen LogP contribution in [-0.2, 0) is 7.05 Å². The predicted octanol–water partition coefficient (Wildman–Crippen LogP) is 2.21. The highest BCUT2D eigenvalue weighted by Crippen LogP contribution is 2.30. The van der Waals surface area contributed by atoms with Gasteiger partial charge in [0.15, 0.2) is 0 Å². The minimum Gasteiger partial charge on any atom is -0.312 e. The number of aromatic nitrogens is 2. The van der Waals surface area contributed by atoms with Gasteiger partial charge in [-0.3, -0.25) is 4.68 Å². The molecule has 1 fully saturated rings. The Labute approximate surface area is 102 Å². The molecule has 0 aliphatic carbocycles. The summed E-state index contributed by atoms with van der Waals surface area (Å²) in [5.74, 6) is 3.55. The van der Waals surface area contributed by atoms with Crippen LogP contribution < -0.4 is 5.32 Å². The molecule has 1 atom stereocenters. The van der Waals surface area contributed by atoms with Crippen molar-refractivity contribution in [2.45, 2.75) is 25.3 Å². The molecule has 1 aliphatic rings. The second-order valence-electron chi connectivity index (χ2n) is 4.55. The minimum atomic E-state index is 0.425. The van der Waals surface area contributed by atoms with Crippen LogP contribution in [0.3, 0.4) is 0 Å². The summed E-state index contributed by atoms with van der Waals surface area (Å²) in [6, 6.07) is 2.55. The average molecular weight is 239 g/mol. The van der Waals surface area contributed by atoms with E-state index in [1.54, 1.807) is 0 Å². The van der Waals surface area contributed by atoms with Crippen LogP contribution >= 0.6 is 11.8 Å². The van der Waals surface area contributed by atoms with Gasteiger partial charge in [0.1, 0.15) is 0 Å². The lowest BCUT2D eigenvalue weighted by Crippen LogP contribution is -2.22. The molecule has 1 N–H and O–H groups in total. The molecule has 3 nitrogen and oxygen atoms in total. The first-order valence-corrected chi connectivity index (χ1v) is 7.19. The zero-order valence-corrected chi connectivity index (χ0v) is 11.0. The third-order valence-corrected chi connectivity index (χ3v) is 4.40. The fraction of sp³-hybridized carbons (Fsp3) is 0.750. The zero-order chi connectivity index (χ0) is 11.4. The van der Waals surface area contributed by atoms with E-state index in [1.807, 2.05) is 25.0 Å². The van der Waals surface area contributed by atoms with Crippen LogP contribution in [0.25, 0.3) is 0 Å². The van der Waals surface area contributed by atoms with Crippen LogP contribution in [0.5, 0.6) is 0 Å². The highest BCUT2D eigenvalue weighted by Gasteiger charge is 2.20. The van der Waals surface area contributed by atoms with Crippen molar-refractivity contribution in [2.75, 3.05) is 18.6 Å². The van der Waals surface area contributed by atoms with Gasteiger partial charge in [0, 0.05) is 13.2 Å². The summed E-state index contributed by atoms with van der Waals surface area (Å²) in [5, 5.41) is 7.89. The van der Waals surface area contributed by atoms with Gasteiger partial charge in [-0.05, 0) is 49.8 Å². The topological polar surface area (TPSA) is 29.9 Å². The molecule has 16 heavy (non-hydrogen) atoms. The first-order valence-electron chi connectivity index (χ1n) is 6.04. The molecule has 0 bridgehead atoms. The van der Waals surface area contributed by atoms with Gasteiger partial charge >= 0.3 is 0 Å². The lowest BCUT2D eigenvalue weighted by atomic mass is 9.93. The summed E-state index contributed by atoms with van der Waals surface area (Å²) in [7, 11) is 4.02. The largest absolute Gasteiger partial charge is 0.312 e. The molecule has 2 rings (SSSR count). The number of nitrogens with zero attached hydrogens (tertiary/aromatic N) is 2. The van der Waals surface area contributed by atoms with Crippen molar-refractivity contribution in [3.8, 4) is 0 Å². The van der Waals surface area contributed by atoms with Crippen molar-refractivity contribution in [1.82, 2.24) is 15.1 Å². The number of hydrogen-bond donors (Lipinski definition) is 1. The average Bonchev–Trinajstić information content (AvgIpc) is 2.74. The summed E-state index contributed by atoms with van der Waals surface area (Å²) in [5.41, 5.74) is 1.18. The highest BCUT2D eigenvalue weighted by molar-refractivity contribution is 7.99. The van der Waals surface area contributed by atoms with E-state index in [2.05, 4.69) is 28.2 Å². The number of aryl methyl sites for hydroxylation is 1. The van der Waals surface area contributed by atoms with E-state index >= 15 is 0 Å². The van der Waals surface area contributed by atoms with Crippen LogP contribution in [-0.4, -0.2) is 28.3 Å². The predicted molar refractivity (Wildman–Crippen MR) is 69.7 cm³/mol. The lowest BCUT2D eigenvalue weighted by molar-refractivity contribution is 0.378. The van der Waals surface area contributed by atoms with Gasteiger partial charge in [-0.2, -0.15) is 16.9 Å². The summed E-state index contributed by atoms with van der Waals surface area (Å²) < 4.78 is 1.89. The lowest BCUT2D eigenvalue weighted by Gasteiger charge is -2.25. The SMILES string of the molecule is CNC(CC1CCSCC1)c1ccn(C)n1. The molecule has 1 unspecified atom stereocenters. The molecule has 1 aromatic heterocycles. The van der Waals surface area contributed by atoms with E-state index in [4.69, 9.17) is 0 Å². The fourth-order valence-corrected chi connectivity index (χ4v) is 3.52. The number of nitrogens with one attached hydrogen (secondary N) is 1. The van der Waals surface area contributed by atoms with E-state index in [1.165, 1.54) is 36.5 Å². The van der Waals surface area contributed by atoms with E-state index < -0.39 is 0 Å². The molecule has 2 heterocycles. The monoisotopic (exact) mass is 239 g/mol. The fourth-order valence-electron chi connectivity index (χ4n) is 2.32. The molecular formula is C12H21N3S. The Balaban J connectivity index is 1.94. The summed E-state index contributed by atoms with van der Waals surface area (Å²) in [4.78, 5) is 0. The van der Waals surface area contributed by atoms with Crippen molar-refractivity contribution in [3.63, 3.8) is 0 Å². The third-order valence-electron chi connectivity index (χ3n) is 3.35. The molecular weight excluding hydrogens is 218 g/mol. The van der Waals surface area contributed by atoms with Gasteiger partial charge in [-0.25, -0.2) is 0 Å². The van der Waals surface area contributed by atoms with Crippen LogP contribution in [0, 0.1) is 5.92 Å². The van der Waals surface area contributed by atoms with Crippen molar-refractivity contribution >= 4 is 11.8 Å². The van der Waals surface area contributed by atoms with Gasteiger partial charge in [0.2, 0.25) is 0 Å². The van der Waals surface area contributed by atoms with Crippen LogP contribution in [0.15, 0.2) is 12.3 Å². The summed E-state index contributed by atoms with van der Waals surface area (Å²) >= 11 is 2.09. The number of hydrogen-bond acceptors (Lipinski definition) is 3. The Morgan fingerprint density at radius 3 is 2.88 bits per heavy atom. The highest BCUT2D eigenvalue weighted by atomic mass is 32.2. The van der Waals surface area contributed by atoms with Gasteiger partial charge < -0.3 is 5.32 Å². The number of rotatable bonds is 4. The summed E-state index contributed by atoms with van der Waals surface area (Å²) in [6.07, 6.45) is 6.00. The second-order valence-corrected chi connectivity index (χ2v) is 5.77. The van der Waals surface area contributed by atoms with E-state index in [-0.39, 0.29) is 0 Å². The molecule has 0 radical (unpaired) electrons. The van der Waals surface area contributed by atoms with Crippen molar-refractivity contribution in [2.24, 2.45) is 13.0 Å². The zero-order valence-electron chi connectivity index (χ0n) is 10.1. The smallest absolute Gasteiger partial charge is 0.0793 e. The van der Waals surface area contributed by atoms with Crippen LogP contribution in [0.2, 0.25) is 0 Å². The Morgan fingerprint density at radius 1 is 1.56 bits per heavy atom. The molecule has 0 aromatic carbocycles.